The summed E-state index contributed by atoms with van der Waals surface area (Å²) in [6.07, 6.45) is 7.49. The summed E-state index contributed by atoms with van der Waals surface area (Å²) in [6, 6.07) is 8.15. The molecule has 2 aromatic heterocycles. The first kappa shape index (κ1) is 17.5. The molecule has 140 valence electrons. The zero-order valence-electron chi connectivity index (χ0n) is 15.9. The van der Waals surface area contributed by atoms with Crippen LogP contribution in [0.15, 0.2) is 43.1 Å². The van der Waals surface area contributed by atoms with E-state index >= 15 is 0 Å². The first-order valence-corrected chi connectivity index (χ1v) is 9.54. The third kappa shape index (κ3) is 3.65. The number of benzene rings is 1. The maximum Gasteiger partial charge on any atom is 0.139 e. The molecule has 1 fully saturated rings. The molecule has 1 N–H and O–H groups in total. The third-order valence-corrected chi connectivity index (χ3v) is 5.20. The molecule has 0 amide bonds. The van der Waals surface area contributed by atoms with E-state index < -0.39 is 0 Å². The number of H-pyrrole nitrogens is 1. The Morgan fingerprint density at radius 1 is 1.22 bits per heavy atom. The second-order valence-corrected chi connectivity index (χ2v) is 6.89. The fourth-order valence-corrected chi connectivity index (χ4v) is 3.84. The number of rotatable bonds is 5. The molecule has 0 radical (unpaired) electrons. The average molecular weight is 363 g/mol. The SMILES string of the molecule is CCOc1cccc(-c2cncnc2N2CCC(c3nc[nH]c3C)CC2)c1. The Bertz CT molecular complexity index is 899. The van der Waals surface area contributed by atoms with E-state index in [1.54, 1.807) is 12.7 Å². The van der Waals surface area contributed by atoms with E-state index in [1.165, 1.54) is 11.4 Å². The van der Waals surface area contributed by atoms with Crippen molar-refractivity contribution in [2.45, 2.75) is 32.6 Å². The average Bonchev–Trinajstić information content (AvgIpc) is 3.14. The maximum absolute atomic E-state index is 5.66. The summed E-state index contributed by atoms with van der Waals surface area (Å²) >= 11 is 0. The highest BCUT2D eigenvalue weighted by Gasteiger charge is 2.25. The van der Waals surface area contributed by atoms with Crippen LogP contribution in [-0.2, 0) is 0 Å². The standard InChI is InChI=1S/C21H25N5O/c1-3-27-18-6-4-5-17(11-18)19-12-22-13-25-21(19)26-9-7-16(8-10-26)20-15(2)23-14-24-20/h4-6,11-14,16H,3,7-10H2,1-2H3,(H,23,24). The molecular weight excluding hydrogens is 338 g/mol. The largest absolute Gasteiger partial charge is 0.494 e. The van der Waals surface area contributed by atoms with E-state index in [4.69, 9.17) is 4.74 Å². The molecule has 0 saturated carbocycles. The van der Waals surface area contributed by atoms with Gasteiger partial charge in [0.25, 0.3) is 0 Å². The predicted octanol–water partition coefficient (Wildman–Crippen LogP) is 3.96. The van der Waals surface area contributed by atoms with Crippen LogP contribution in [0.5, 0.6) is 5.75 Å². The minimum Gasteiger partial charge on any atom is -0.494 e. The number of aromatic nitrogens is 4. The topological polar surface area (TPSA) is 66.9 Å². The van der Waals surface area contributed by atoms with Gasteiger partial charge in [-0.1, -0.05) is 12.1 Å². The van der Waals surface area contributed by atoms with Gasteiger partial charge in [-0.2, -0.15) is 0 Å². The number of piperidine rings is 1. The van der Waals surface area contributed by atoms with Crippen molar-refractivity contribution in [2.24, 2.45) is 0 Å². The number of hydrogen-bond donors (Lipinski definition) is 1. The monoisotopic (exact) mass is 363 g/mol. The number of nitrogens with one attached hydrogen (secondary N) is 1. The molecule has 1 aromatic carbocycles. The van der Waals surface area contributed by atoms with Crippen molar-refractivity contribution in [3.05, 3.63) is 54.5 Å². The highest BCUT2D eigenvalue weighted by molar-refractivity contribution is 5.76. The Kier molecular flexibility index (Phi) is 5.05. The van der Waals surface area contributed by atoms with E-state index in [0.717, 1.165) is 48.6 Å². The van der Waals surface area contributed by atoms with Crippen molar-refractivity contribution in [1.29, 1.82) is 0 Å². The molecule has 3 aromatic rings. The summed E-state index contributed by atoms with van der Waals surface area (Å²) in [7, 11) is 0. The normalized spacial score (nSPS) is 15.1. The first-order chi connectivity index (χ1) is 13.3. The predicted molar refractivity (Wildman–Crippen MR) is 106 cm³/mol. The van der Waals surface area contributed by atoms with Crippen LogP contribution in [-0.4, -0.2) is 39.6 Å². The van der Waals surface area contributed by atoms with Gasteiger partial charge in [-0.05, 0) is 44.4 Å². The minimum absolute atomic E-state index is 0.513. The van der Waals surface area contributed by atoms with Gasteiger partial charge < -0.3 is 14.6 Å². The quantitative estimate of drug-likeness (QED) is 0.743. The lowest BCUT2D eigenvalue weighted by atomic mass is 9.92. The number of hydrogen-bond acceptors (Lipinski definition) is 5. The molecule has 0 bridgehead atoms. The van der Waals surface area contributed by atoms with Crippen molar-refractivity contribution >= 4 is 5.82 Å². The number of aryl methyl sites for hydroxylation is 1. The van der Waals surface area contributed by atoms with Crippen LogP contribution >= 0.6 is 0 Å². The van der Waals surface area contributed by atoms with Crippen LogP contribution in [0.4, 0.5) is 5.82 Å². The molecule has 1 aliphatic rings. The van der Waals surface area contributed by atoms with Gasteiger partial charge in [-0.15, -0.1) is 0 Å². The van der Waals surface area contributed by atoms with Crippen LogP contribution in [0, 0.1) is 6.92 Å². The first-order valence-electron chi connectivity index (χ1n) is 9.54. The fraction of sp³-hybridized carbons (Fsp3) is 0.381. The maximum atomic E-state index is 5.66. The van der Waals surface area contributed by atoms with Crippen molar-refractivity contribution in [3.63, 3.8) is 0 Å². The molecule has 6 nitrogen and oxygen atoms in total. The summed E-state index contributed by atoms with van der Waals surface area (Å²) in [5, 5.41) is 0. The Hall–Kier alpha value is -2.89. The molecule has 0 atom stereocenters. The number of anilines is 1. The van der Waals surface area contributed by atoms with Gasteiger partial charge >= 0.3 is 0 Å². The van der Waals surface area contributed by atoms with Gasteiger partial charge in [-0.3, -0.25) is 0 Å². The zero-order valence-corrected chi connectivity index (χ0v) is 15.9. The Labute approximate surface area is 159 Å². The third-order valence-electron chi connectivity index (χ3n) is 5.20. The van der Waals surface area contributed by atoms with E-state index in [9.17, 15) is 0 Å². The number of nitrogens with zero attached hydrogens (tertiary/aromatic N) is 4. The van der Waals surface area contributed by atoms with Crippen LogP contribution in [0.3, 0.4) is 0 Å². The van der Waals surface area contributed by atoms with E-state index in [2.05, 4.69) is 43.9 Å². The summed E-state index contributed by atoms with van der Waals surface area (Å²) in [5.74, 6) is 2.38. The van der Waals surface area contributed by atoms with Gasteiger partial charge in [0, 0.05) is 36.5 Å². The number of ether oxygens (including phenoxy) is 1. The molecule has 0 unspecified atom stereocenters. The molecule has 1 saturated heterocycles. The van der Waals surface area contributed by atoms with Gasteiger partial charge in [0.05, 0.1) is 18.6 Å². The van der Waals surface area contributed by atoms with E-state index in [0.29, 0.717) is 12.5 Å². The Morgan fingerprint density at radius 2 is 2.07 bits per heavy atom. The fourth-order valence-electron chi connectivity index (χ4n) is 3.84. The van der Waals surface area contributed by atoms with Crippen LogP contribution < -0.4 is 9.64 Å². The van der Waals surface area contributed by atoms with Crippen molar-refractivity contribution in [1.82, 2.24) is 19.9 Å². The molecule has 0 spiro atoms. The van der Waals surface area contributed by atoms with Crippen LogP contribution in [0.25, 0.3) is 11.1 Å². The zero-order chi connectivity index (χ0) is 18.6. The van der Waals surface area contributed by atoms with Gasteiger partial charge in [0.1, 0.15) is 17.9 Å². The second-order valence-electron chi connectivity index (χ2n) is 6.89. The van der Waals surface area contributed by atoms with Crippen molar-refractivity contribution < 1.29 is 4.74 Å². The molecule has 27 heavy (non-hydrogen) atoms. The summed E-state index contributed by atoms with van der Waals surface area (Å²) in [4.78, 5) is 19.0. The summed E-state index contributed by atoms with van der Waals surface area (Å²) in [5.41, 5.74) is 4.53. The van der Waals surface area contributed by atoms with E-state index in [-0.39, 0.29) is 0 Å². The molecule has 4 rings (SSSR count). The lowest BCUT2D eigenvalue weighted by Crippen LogP contribution is -2.34. The van der Waals surface area contributed by atoms with Gasteiger partial charge in [-0.25, -0.2) is 15.0 Å². The Balaban J connectivity index is 1.56. The molecule has 1 aliphatic heterocycles. The van der Waals surface area contributed by atoms with Crippen LogP contribution in [0.1, 0.15) is 37.1 Å². The molecule has 6 heteroatoms. The number of imidazole rings is 1. The van der Waals surface area contributed by atoms with E-state index in [1.807, 2.05) is 25.3 Å². The molecule has 0 aliphatic carbocycles. The summed E-state index contributed by atoms with van der Waals surface area (Å²) < 4.78 is 5.66. The lowest BCUT2D eigenvalue weighted by molar-refractivity contribution is 0.340. The highest BCUT2D eigenvalue weighted by Crippen LogP contribution is 2.35. The van der Waals surface area contributed by atoms with Gasteiger partial charge in [0.15, 0.2) is 0 Å². The van der Waals surface area contributed by atoms with Crippen molar-refractivity contribution in [3.8, 4) is 16.9 Å². The lowest BCUT2D eigenvalue weighted by Gasteiger charge is -2.33. The Morgan fingerprint density at radius 3 is 2.81 bits per heavy atom. The summed E-state index contributed by atoms with van der Waals surface area (Å²) in [6.45, 7) is 6.68. The highest BCUT2D eigenvalue weighted by atomic mass is 16.5. The minimum atomic E-state index is 0.513. The van der Waals surface area contributed by atoms with Gasteiger partial charge in [0.2, 0.25) is 0 Å². The molecular formula is C21H25N5O. The molecule has 3 heterocycles. The number of aromatic amines is 1. The smallest absolute Gasteiger partial charge is 0.139 e. The van der Waals surface area contributed by atoms with Crippen LogP contribution in [0.2, 0.25) is 0 Å². The second kappa shape index (κ2) is 7.78. The van der Waals surface area contributed by atoms with Crippen molar-refractivity contribution in [2.75, 3.05) is 24.6 Å².